The number of nitrogens with zero attached hydrogens (tertiary/aromatic N) is 1. The normalized spacial score (nSPS) is 31.3. The van der Waals surface area contributed by atoms with Crippen LogP contribution in [0.15, 0.2) is 12.3 Å². The van der Waals surface area contributed by atoms with E-state index in [4.69, 9.17) is 16.4 Å². The first-order valence-corrected chi connectivity index (χ1v) is 3.66. The Morgan fingerprint density at radius 3 is 3.21 bits per heavy atom. The van der Waals surface area contributed by atoms with E-state index in [1.165, 1.54) is 0 Å². The first kappa shape index (κ1) is 3.06. The van der Waals surface area contributed by atoms with Gasteiger partial charge in [-0.15, -0.1) is 0 Å². The summed E-state index contributed by atoms with van der Waals surface area (Å²) in [6, 6.07) is 0.848. The van der Waals surface area contributed by atoms with Gasteiger partial charge in [0.2, 0.25) is 0 Å². The van der Waals surface area contributed by atoms with Crippen molar-refractivity contribution in [2.75, 3.05) is 0 Å². The maximum absolute atomic E-state index is 9.39. The Hall–Kier alpha value is -0.865. The fourth-order valence-electron chi connectivity index (χ4n) is 0.941. The van der Waals surface area contributed by atoms with Crippen molar-refractivity contribution in [1.82, 2.24) is 4.98 Å². The van der Waals surface area contributed by atoms with Crippen LogP contribution >= 0.6 is 0 Å². The van der Waals surface area contributed by atoms with E-state index < -0.39 is 56.7 Å². The monoisotopic (exact) mass is 205 g/mol. The molecule has 1 heterocycles. The van der Waals surface area contributed by atoms with E-state index in [1.807, 2.05) is 0 Å². The number of pyridine rings is 1. The molecular formula is C10H16BNO2. The molecule has 2 N–H and O–H groups in total. The molecule has 0 saturated heterocycles. The fraction of sp³-hybridized carbons (Fsp3) is 0.500. The summed E-state index contributed by atoms with van der Waals surface area (Å²) in [5.74, 6) is -3.64. The summed E-state index contributed by atoms with van der Waals surface area (Å²) in [5.41, 5.74) is -3.03. The summed E-state index contributed by atoms with van der Waals surface area (Å²) in [7, 11) is -2.40. The van der Waals surface area contributed by atoms with E-state index >= 15 is 0 Å². The largest absolute Gasteiger partial charge is 0.488 e. The van der Waals surface area contributed by atoms with Crippen molar-refractivity contribution in [2.24, 2.45) is 0 Å². The van der Waals surface area contributed by atoms with Gasteiger partial charge in [0, 0.05) is 28.3 Å². The molecule has 0 radical (unpaired) electrons. The zero-order valence-electron chi connectivity index (χ0n) is 19.1. The molecule has 4 heteroatoms. The van der Waals surface area contributed by atoms with Gasteiger partial charge in [0.25, 0.3) is 0 Å². The van der Waals surface area contributed by atoms with Crippen molar-refractivity contribution >= 4 is 12.6 Å². The Bertz CT molecular complexity index is 667. The summed E-state index contributed by atoms with van der Waals surface area (Å²) < 4.78 is 91.0. The maximum Gasteiger partial charge on any atom is 0.488 e. The van der Waals surface area contributed by atoms with E-state index in [0.29, 0.717) is 0 Å². The van der Waals surface area contributed by atoms with Crippen LogP contribution in [0.1, 0.15) is 53.7 Å². The molecule has 3 nitrogen and oxygen atoms in total. The highest BCUT2D eigenvalue weighted by Gasteiger charge is 2.18. The van der Waals surface area contributed by atoms with E-state index in [2.05, 4.69) is 4.98 Å². The molecule has 0 bridgehead atoms. The van der Waals surface area contributed by atoms with Crippen molar-refractivity contribution in [2.45, 2.75) is 32.8 Å². The molecule has 0 amide bonds. The van der Waals surface area contributed by atoms with Gasteiger partial charge >= 0.3 is 7.12 Å². The predicted octanol–water partition coefficient (Wildman–Crippen LogP) is 0.583. The van der Waals surface area contributed by atoms with Gasteiger partial charge in [-0.05, 0) is 36.2 Å². The van der Waals surface area contributed by atoms with Crippen molar-refractivity contribution in [3.63, 3.8) is 0 Å². The van der Waals surface area contributed by atoms with Crippen LogP contribution in [0.4, 0.5) is 0 Å². The first-order valence-electron chi connectivity index (χ1n) is 9.66. The highest BCUT2D eigenvalue weighted by atomic mass is 16.4. The second-order valence-corrected chi connectivity index (χ2v) is 2.50. The van der Waals surface area contributed by atoms with Crippen LogP contribution in [0.5, 0.6) is 0 Å². The molecule has 1 rings (SSSR count). The lowest BCUT2D eigenvalue weighted by molar-refractivity contribution is 0.425. The molecule has 0 aliphatic carbocycles. The molecule has 0 spiro atoms. The van der Waals surface area contributed by atoms with E-state index in [-0.39, 0.29) is 0 Å². The van der Waals surface area contributed by atoms with E-state index in [1.54, 1.807) is 0 Å². The molecular weight excluding hydrogens is 177 g/mol. The first-order chi connectivity index (χ1) is 11.3. The number of hydrogen-bond acceptors (Lipinski definition) is 3. The Labute approximate surface area is 102 Å². The second kappa shape index (κ2) is 4.57. The standard InChI is InChI=1S/C10H16BNO2/c1-4-7(2)10-8(3)9(11(13)14)5-6-12-10/h5-7,13-14H,4H2,1-3H3/i1D3,2D3,3D3,4D2,7D. The molecule has 0 saturated carbocycles. The third kappa shape index (κ3) is 2.14. The van der Waals surface area contributed by atoms with Crippen molar-refractivity contribution in [3.05, 3.63) is 23.5 Å². The average Bonchev–Trinajstić information content (AvgIpc) is 2.41. The summed E-state index contributed by atoms with van der Waals surface area (Å²) >= 11 is 0. The van der Waals surface area contributed by atoms with E-state index in [0.717, 1.165) is 12.3 Å². The van der Waals surface area contributed by atoms with Crippen LogP contribution in [0, 0.1) is 6.85 Å². The third-order valence-electron chi connectivity index (χ3n) is 1.62. The number of aromatic nitrogens is 1. The van der Waals surface area contributed by atoms with Gasteiger partial charge in [0.1, 0.15) is 0 Å². The van der Waals surface area contributed by atoms with Crippen LogP contribution in [-0.2, 0) is 0 Å². The number of rotatable bonds is 3. The van der Waals surface area contributed by atoms with Crippen LogP contribution in [0.3, 0.4) is 0 Å². The summed E-state index contributed by atoms with van der Waals surface area (Å²) in [6.07, 6.45) is -3.00. The Morgan fingerprint density at radius 1 is 1.79 bits per heavy atom. The van der Waals surface area contributed by atoms with Gasteiger partial charge in [0.15, 0.2) is 0 Å². The van der Waals surface area contributed by atoms with Crippen molar-refractivity contribution in [3.8, 4) is 0 Å². The van der Waals surface area contributed by atoms with Gasteiger partial charge in [-0.1, -0.05) is 13.7 Å². The van der Waals surface area contributed by atoms with Gasteiger partial charge in [-0.3, -0.25) is 4.98 Å². The third-order valence-corrected chi connectivity index (χ3v) is 1.62. The van der Waals surface area contributed by atoms with Gasteiger partial charge in [-0.2, -0.15) is 0 Å². The molecule has 1 aromatic heterocycles. The van der Waals surface area contributed by atoms with Crippen LogP contribution in [-0.4, -0.2) is 22.2 Å². The second-order valence-electron chi connectivity index (χ2n) is 2.50. The molecule has 0 aliphatic rings. The summed E-state index contributed by atoms with van der Waals surface area (Å²) in [6.45, 7) is -10.5. The minimum absolute atomic E-state index is 0.725. The molecule has 1 aromatic rings. The molecule has 1 atom stereocenters. The highest BCUT2D eigenvalue weighted by Crippen LogP contribution is 2.18. The maximum atomic E-state index is 9.39. The minimum atomic E-state index is -3.75. The SMILES string of the molecule is [2H]C([2H])([2H])c1c(B(O)O)ccnc1C([2H])(C([2H])([2H])[2H])C([2H])([2H])C([2H])([2H])[2H]. The van der Waals surface area contributed by atoms with Crippen LogP contribution in [0.25, 0.3) is 0 Å². The molecule has 1 unspecified atom stereocenters. The van der Waals surface area contributed by atoms with E-state index in [9.17, 15) is 10.0 Å². The van der Waals surface area contributed by atoms with Crippen molar-refractivity contribution in [1.29, 1.82) is 0 Å². The lowest BCUT2D eigenvalue weighted by Gasteiger charge is -2.14. The van der Waals surface area contributed by atoms with Gasteiger partial charge in [0.05, 0.1) is 0 Å². The highest BCUT2D eigenvalue weighted by molar-refractivity contribution is 6.59. The smallest absolute Gasteiger partial charge is 0.423 e. The topological polar surface area (TPSA) is 53.4 Å². The minimum Gasteiger partial charge on any atom is -0.423 e. The Kier molecular flexibility index (Phi) is 1.00. The molecule has 0 aromatic carbocycles. The summed E-state index contributed by atoms with van der Waals surface area (Å²) in [5, 5.41) is 18.8. The quantitative estimate of drug-likeness (QED) is 0.710. The van der Waals surface area contributed by atoms with Gasteiger partial charge < -0.3 is 10.0 Å². The van der Waals surface area contributed by atoms with Crippen LogP contribution in [0.2, 0.25) is 0 Å². The van der Waals surface area contributed by atoms with Crippen LogP contribution < -0.4 is 5.46 Å². The van der Waals surface area contributed by atoms with Gasteiger partial charge in [-0.25, -0.2) is 0 Å². The predicted molar refractivity (Wildman–Crippen MR) is 57.5 cm³/mol. The number of hydrogen-bond donors (Lipinski definition) is 2. The van der Waals surface area contributed by atoms with Crippen molar-refractivity contribution < 1.29 is 26.5 Å². The molecule has 0 aliphatic heterocycles. The molecule has 0 fully saturated rings. The zero-order chi connectivity index (χ0) is 20.9. The average molecular weight is 205 g/mol. The molecule has 76 valence electrons. The molecule has 14 heavy (non-hydrogen) atoms. The fourth-order valence-corrected chi connectivity index (χ4v) is 0.941. The Morgan fingerprint density at radius 2 is 2.64 bits per heavy atom. The Balaban J connectivity index is 4.08. The zero-order valence-corrected chi connectivity index (χ0v) is 7.07. The summed E-state index contributed by atoms with van der Waals surface area (Å²) in [4.78, 5) is 3.49. The lowest BCUT2D eigenvalue weighted by Crippen LogP contribution is -2.33. The lowest BCUT2D eigenvalue weighted by atomic mass is 9.76.